The zero-order chi connectivity index (χ0) is 13.2. The molecule has 18 heavy (non-hydrogen) atoms. The Morgan fingerprint density at radius 2 is 2.00 bits per heavy atom. The Kier molecular flexibility index (Phi) is 7.41. The first kappa shape index (κ1) is 15.0. The van der Waals surface area contributed by atoms with Gasteiger partial charge in [0.05, 0.1) is 6.61 Å². The second-order valence-electron chi connectivity index (χ2n) is 4.17. The quantitative estimate of drug-likeness (QED) is 0.685. The topological polar surface area (TPSA) is 53.7 Å². The van der Waals surface area contributed by atoms with Crippen LogP contribution >= 0.6 is 0 Å². The maximum Gasteiger partial charge on any atom is 0.119 e. The van der Waals surface area contributed by atoms with E-state index in [-0.39, 0.29) is 6.04 Å². The van der Waals surface area contributed by atoms with Crippen molar-refractivity contribution in [1.29, 1.82) is 0 Å². The minimum atomic E-state index is 0.0267. The zero-order valence-corrected chi connectivity index (χ0v) is 11.2. The molecule has 4 nitrogen and oxygen atoms in total. The first-order chi connectivity index (χ1) is 8.74. The molecule has 0 aliphatic rings. The molecule has 102 valence electrons. The van der Waals surface area contributed by atoms with E-state index in [1.54, 1.807) is 7.11 Å². The second-order valence-corrected chi connectivity index (χ2v) is 4.17. The molecule has 1 aromatic carbocycles. The summed E-state index contributed by atoms with van der Waals surface area (Å²) in [6, 6.07) is 7.87. The minimum absolute atomic E-state index is 0.0267. The maximum absolute atomic E-state index is 5.81. The van der Waals surface area contributed by atoms with Gasteiger partial charge in [-0.05, 0) is 31.0 Å². The van der Waals surface area contributed by atoms with Gasteiger partial charge in [-0.2, -0.15) is 0 Å². The summed E-state index contributed by atoms with van der Waals surface area (Å²) < 4.78 is 15.9. The van der Waals surface area contributed by atoms with Crippen molar-refractivity contribution >= 4 is 0 Å². The van der Waals surface area contributed by atoms with Crippen molar-refractivity contribution in [2.24, 2.45) is 5.73 Å². The van der Waals surface area contributed by atoms with Crippen molar-refractivity contribution in [1.82, 2.24) is 0 Å². The second kappa shape index (κ2) is 8.91. The molecule has 0 amide bonds. The summed E-state index contributed by atoms with van der Waals surface area (Å²) in [6.07, 6.45) is 0.913. The summed E-state index contributed by atoms with van der Waals surface area (Å²) in [6.45, 7) is 4.54. The number of hydrogen-bond acceptors (Lipinski definition) is 4. The average Bonchev–Trinajstić information content (AvgIpc) is 2.38. The van der Waals surface area contributed by atoms with Crippen LogP contribution in [-0.4, -0.2) is 33.5 Å². The number of ether oxygens (including phenoxy) is 3. The molecule has 0 aliphatic heterocycles. The highest BCUT2D eigenvalue weighted by molar-refractivity contribution is 5.30. The summed E-state index contributed by atoms with van der Waals surface area (Å²) in [5, 5.41) is 0. The van der Waals surface area contributed by atoms with Gasteiger partial charge in [0.25, 0.3) is 0 Å². The average molecular weight is 253 g/mol. The molecule has 0 fully saturated rings. The summed E-state index contributed by atoms with van der Waals surface area (Å²) in [7, 11) is 1.69. The van der Waals surface area contributed by atoms with Crippen molar-refractivity contribution in [2.45, 2.75) is 19.4 Å². The van der Waals surface area contributed by atoms with Crippen LogP contribution in [0.2, 0.25) is 0 Å². The van der Waals surface area contributed by atoms with Crippen LogP contribution in [-0.2, 0) is 9.47 Å². The first-order valence-corrected chi connectivity index (χ1v) is 6.29. The van der Waals surface area contributed by atoms with Gasteiger partial charge in [-0.15, -0.1) is 0 Å². The van der Waals surface area contributed by atoms with E-state index in [1.807, 2.05) is 31.2 Å². The third kappa shape index (κ3) is 6.00. The number of methoxy groups -OCH3 is 1. The van der Waals surface area contributed by atoms with E-state index in [2.05, 4.69) is 0 Å². The van der Waals surface area contributed by atoms with Crippen LogP contribution in [0.25, 0.3) is 0 Å². The van der Waals surface area contributed by atoms with Crippen molar-refractivity contribution in [2.75, 3.05) is 33.5 Å². The molecule has 1 aromatic rings. The minimum Gasteiger partial charge on any atom is -0.491 e. The van der Waals surface area contributed by atoms with Gasteiger partial charge in [-0.1, -0.05) is 12.1 Å². The molecule has 1 rings (SSSR count). The fourth-order valence-corrected chi connectivity index (χ4v) is 1.51. The number of rotatable bonds is 9. The third-order valence-corrected chi connectivity index (χ3v) is 2.52. The van der Waals surface area contributed by atoms with Crippen LogP contribution in [0.4, 0.5) is 0 Å². The molecule has 0 radical (unpaired) electrons. The number of nitrogens with two attached hydrogens (primary N) is 1. The van der Waals surface area contributed by atoms with Gasteiger partial charge in [0.2, 0.25) is 0 Å². The molecular formula is C14H23NO3. The highest BCUT2D eigenvalue weighted by Gasteiger charge is 2.01. The Labute approximate surface area is 109 Å². The van der Waals surface area contributed by atoms with Crippen LogP contribution in [0.15, 0.2) is 24.3 Å². The molecule has 0 spiro atoms. The first-order valence-electron chi connectivity index (χ1n) is 6.29. The van der Waals surface area contributed by atoms with Crippen LogP contribution in [0.1, 0.15) is 24.9 Å². The third-order valence-electron chi connectivity index (χ3n) is 2.52. The lowest BCUT2D eigenvalue weighted by Gasteiger charge is -2.10. The van der Waals surface area contributed by atoms with Crippen molar-refractivity contribution in [3.8, 4) is 5.75 Å². The standard InChI is InChI=1S/C14H23NO3/c1-12(15)13-5-3-6-14(11-13)18-10-9-17-8-4-7-16-2/h3,5-6,11-12H,4,7-10,15H2,1-2H3/t12-/m1/s1. The van der Waals surface area contributed by atoms with Crippen molar-refractivity contribution < 1.29 is 14.2 Å². The van der Waals surface area contributed by atoms with E-state index < -0.39 is 0 Å². The van der Waals surface area contributed by atoms with Gasteiger partial charge < -0.3 is 19.9 Å². The lowest BCUT2D eigenvalue weighted by molar-refractivity contribution is 0.0806. The Morgan fingerprint density at radius 1 is 1.17 bits per heavy atom. The van der Waals surface area contributed by atoms with E-state index in [4.69, 9.17) is 19.9 Å². The fraction of sp³-hybridized carbons (Fsp3) is 0.571. The summed E-state index contributed by atoms with van der Waals surface area (Å²) >= 11 is 0. The van der Waals surface area contributed by atoms with Gasteiger partial charge in [-0.3, -0.25) is 0 Å². The van der Waals surface area contributed by atoms with E-state index in [0.717, 1.165) is 24.3 Å². The number of benzene rings is 1. The summed E-state index contributed by atoms with van der Waals surface area (Å²) in [5.74, 6) is 0.838. The van der Waals surface area contributed by atoms with Gasteiger partial charge in [0.1, 0.15) is 12.4 Å². The van der Waals surface area contributed by atoms with Crippen LogP contribution < -0.4 is 10.5 Å². The summed E-state index contributed by atoms with van der Waals surface area (Å²) in [4.78, 5) is 0. The maximum atomic E-state index is 5.81. The zero-order valence-electron chi connectivity index (χ0n) is 11.2. The molecule has 0 aromatic heterocycles. The molecule has 4 heteroatoms. The van der Waals surface area contributed by atoms with Gasteiger partial charge in [-0.25, -0.2) is 0 Å². The number of hydrogen-bond donors (Lipinski definition) is 1. The highest BCUT2D eigenvalue weighted by Crippen LogP contribution is 2.17. The predicted octanol–water partition coefficient (Wildman–Crippen LogP) is 2.14. The molecule has 1 atom stereocenters. The van der Waals surface area contributed by atoms with E-state index in [9.17, 15) is 0 Å². The Morgan fingerprint density at radius 3 is 2.72 bits per heavy atom. The fourth-order valence-electron chi connectivity index (χ4n) is 1.51. The molecule has 0 saturated carbocycles. The van der Waals surface area contributed by atoms with Crippen LogP contribution in [0, 0.1) is 0 Å². The van der Waals surface area contributed by atoms with Crippen LogP contribution in [0.3, 0.4) is 0 Å². The monoisotopic (exact) mass is 253 g/mol. The van der Waals surface area contributed by atoms with Crippen molar-refractivity contribution in [3.05, 3.63) is 29.8 Å². The normalized spacial score (nSPS) is 12.4. The van der Waals surface area contributed by atoms with Crippen LogP contribution in [0.5, 0.6) is 5.75 Å². The van der Waals surface area contributed by atoms with Crippen molar-refractivity contribution in [3.63, 3.8) is 0 Å². The van der Waals surface area contributed by atoms with E-state index >= 15 is 0 Å². The lowest BCUT2D eigenvalue weighted by Crippen LogP contribution is -2.09. The Balaban J connectivity index is 2.17. The smallest absolute Gasteiger partial charge is 0.119 e. The van der Waals surface area contributed by atoms with E-state index in [0.29, 0.717) is 19.8 Å². The molecular weight excluding hydrogens is 230 g/mol. The molecule has 0 bridgehead atoms. The Bertz CT molecular complexity index is 329. The van der Waals surface area contributed by atoms with Gasteiger partial charge in [0, 0.05) is 26.4 Å². The largest absolute Gasteiger partial charge is 0.491 e. The molecule has 0 heterocycles. The summed E-state index contributed by atoms with van der Waals surface area (Å²) in [5.41, 5.74) is 6.89. The molecule has 0 saturated heterocycles. The highest BCUT2D eigenvalue weighted by atomic mass is 16.5. The predicted molar refractivity (Wildman–Crippen MR) is 71.9 cm³/mol. The molecule has 0 aliphatic carbocycles. The van der Waals surface area contributed by atoms with Gasteiger partial charge >= 0.3 is 0 Å². The molecule has 2 N–H and O–H groups in total. The SMILES string of the molecule is COCCCOCCOc1cccc([C@@H](C)N)c1. The van der Waals surface area contributed by atoms with E-state index in [1.165, 1.54) is 0 Å². The Hall–Kier alpha value is -1.10. The lowest BCUT2D eigenvalue weighted by atomic mass is 10.1. The van der Waals surface area contributed by atoms with Gasteiger partial charge in [0.15, 0.2) is 0 Å². The molecule has 0 unspecified atom stereocenters.